The second kappa shape index (κ2) is 5.41. The number of hydrogen-bond acceptors (Lipinski definition) is 2. The van der Waals surface area contributed by atoms with Crippen LogP contribution in [0.15, 0.2) is 12.1 Å². The molecule has 0 aliphatic carbocycles. The molecule has 0 radical (unpaired) electrons. The second-order valence-electron chi connectivity index (χ2n) is 4.66. The van der Waals surface area contributed by atoms with Gasteiger partial charge in [0.05, 0.1) is 10.7 Å². The molecule has 1 aromatic rings. The van der Waals surface area contributed by atoms with Gasteiger partial charge < -0.3 is 10.4 Å². The van der Waals surface area contributed by atoms with Crippen molar-refractivity contribution in [3.8, 4) is 5.75 Å². The average Bonchev–Trinajstić information content (AvgIpc) is 2.21. The van der Waals surface area contributed by atoms with Gasteiger partial charge in [0.2, 0.25) is 5.91 Å². The van der Waals surface area contributed by atoms with Crippen LogP contribution in [0.25, 0.3) is 0 Å². The van der Waals surface area contributed by atoms with E-state index in [1.165, 1.54) is 0 Å². The lowest BCUT2D eigenvalue weighted by Crippen LogP contribution is -2.18. The minimum Gasteiger partial charge on any atom is -0.508 e. The highest BCUT2D eigenvalue weighted by Crippen LogP contribution is 2.37. The molecule has 4 heteroatoms. The van der Waals surface area contributed by atoms with Crippen molar-refractivity contribution >= 4 is 23.2 Å². The molecule has 0 aliphatic heterocycles. The van der Waals surface area contributed by atoms with Gasteiger partial charge in [-0.1, -0.05) is 39.3 Å². The summed E-state index contributed by atoms with van der Waals surface area (Å²) in [6.07, 6.45) is 0. The van der Waals surface area contributed by atoms with Crippen LogP contribution < -0.4 is 5.32 Å². The van der Waals surface area contributed by atoms with Gasteiger partial charge in [0, 0.05) is 11.5 Å². The van der Waals surface area contributed by atoms with E-state index in [-0.39, 0.29) is 23.5 Å². The van der Waals surface area contributed by atoms with Crippen molar-refractivity contribution < 1.29 is 9.90 Å². The van der Waals surface area contributed by atoms with Crippen LogP contribution in [0.2, 0.25) is 5.02 Å². The first-order chi connectivity index (χ1) is 7.84. The Morgan fingerprint density at radius 3 is 2.35 bits per heavy atom. The Labute approximate surface area is 107 Å². The quantitative estimate of drug-likeness (QED) is 0.808. The SMILES string of the molecule is CC(C)C(=O)Nc1ccc(O)c(C(C)C)c1Cl. The average molecular weight is 256 g/mol. The molecule has 94 valence electrons. The van der Waals surface area contributed by atoms with Crippen molar-refractivity contribution in [1.82, 2.24) is 0 Å². The lowest BCUT2D eigenvalue weighted by atomic mass is 10.0. The molecule has 1 rings (SSSR count). The fourth-order valence-corrected chi connectivity index (χ4v) is 1.93. The number of nitrogens with one attached hydrogen (secondary N) is 1. The Balaban J connectivity index is 3.11. The molecule has 0 bridgehead atoms. The number of phenolic OH excluding ortho intramolecular Hbond substituents is 1. The van der Waals surface area contributed by atoms with Crippen molar-refractivity contribution in [2.45, 2.75) is 33.6 Å². The molecule has 17 heavy (non-hydrogen) atoms. The number of benzene rings is 1. The molecule has 2 N–H and O–H groups in total. The zero-order chi connectivity index (χ0) is 13.2. The van der Waals surface area contributed by atoms with Crippen LogP contribution >= 0.6 is 11.6 Å². The van der Waals surface area contributed by atoms with E-state index in [1.807, 2.05) is 27.7 Å². The van der Waals surface area contributed by atoms with Gasteiger partial charge in [0.25, 0.3) is 0 Å². The monoisotopic (exact) mass is 255 g/mol. The highest BCUT2D eigenvalue weighted by atomic mass is 35.5. The third kappa shape index (κ3) is 3.13. The molecule has 0 heterocycles. The number of carbonyl (C=O) groups is 1. The maximum atomic E-state index is 11.6. The predicted octanol–water partition coefficient (Wildman–Crippen LogP) is 3.76. The van der Waals surface area contributed by atoms with Gasteiger partial charge in [0.15, 0.2) is 0 Å². The molecule has 0 unspecified atom stereocenters. The fraction of sp³-hybridized carbons (Fsp3) is 0.462. The number of halogens is 1. The van der Waals surface area contributed by atoms with E-state index >= 15 is 0 Å². The molecule has 0 aromatic heterocycles. The first kappa shape index (κ1) is 13.8. The summed E-state index contributed by atoms with van der Waals surface area (Å²) in [4.78, 5) is 11.6. The Morgan fingerprint density at radius 1 is 1.29 bits per heavy atom. The first-order valence-electron chi connectivity index (χ1n) is 5.66. The molecule has 0 fully saturated rings. The van der Waals surface area contributed by atoms with Crippen LogP contribution in [0, 0.1) is 5.92 Å². The molecule has 0 atom stereocenters. The summed E-state index contributed by atoms with van der Waals surface area (Å²) in [6.45, 7) is 7.50. The summed E-state index contributed by atoms with van der Waals surface area (Å²) >= 11 is 6.18. The summed E-state index contributed by atoms with van der Waals surface area (Å²) in [6, 6.07) is 3.17. The van der Waals surface area contributed by atoms with Crippen LogP contribution in [-0.4, -0.2) is 11.0 Å². The third-order valence-electron chi connectivity index (χ3n) is 2.52. The summed E-state index contributed by atoms with van der Waals surface area (Å²) in [5, 5.41) is 12.9. The smallest absolute Gasteiger partial charge is 0.226 e. The molecule has 3 nitrogen and oxygen atoms in total. The van der Waals surface area contributed by atoms with E-state index in [1.54, 1.807) is 12.1 Å². The molecule has 0 saturated carbocycles. The van der Waals surface area contributed by atoms with Gasteiger partial charge in [-0.05, 0) is 18.1 Å². The predicted molar refractivity (Wildman–Crippen MR) is 70.7 cm³/mol. The highest BCUT2D eigenvalue weighted by molar-refractivity contribution is 6.34. The van der Waals surface area contributed by atoms with Gasteiger partial charge >= 0.3 is 0 Å². The minimum atomic E-state index is -0.109. The summed E-state index contributed by atoms with van der Waals surface area (Å²) in [5.74, 6) is 0.0561. The maximum absolute atomic E-state index is 11.6. The highest BCUT2D eigenvalue weighted by Gasteiger charge is 2.16. The van der Waals surface area contributed by atoms with E-state index < -0.39 is 0 Å². The van der Waals surface area contributed by atoms with Crippen LogP contribution in [0.3, 0.4) is 0 Å². The van der Waals surface area contributed by atoms with E-state index in [9.17, 15) is 9.90 Å². The number of phenols is 1. The third-order valence-corrected chi connectivity index (χ3v) is 2.92. The molecule has 0 spiro atoms. The van der Waals surface area contributed by atoms with Gasteiger partial charge in [-0.2, -0.15) is 0 Å². The minimum absolute atomic E-state index is 0.0905. The zero-order valence-electron chi connectivity index (χ0n) is 10.5. The van der Waals surface area contributed by atoms with E-state index in [0.717, 1.165) is 0 Å². The van der Waals surface area contributed by atoms with Crippen LogP contribution in [0.5, 0.6) is 5.75 Å². The Bertz CT molecular complexity index is 428. The van der Waals surface area contributed by atoms with Gasteiger partial charge in [-0.25, -0.2) is 0 Å². The standard InChI is InChI=1S/C13H18ClNO2/c1-7(2)11-10(16)6-5-9(12(11)14)15-13(17)8(3)4/h5-8,16H,1-4H3,(H,15,17). The number of amides is 1. The van der Waals surface area contributed by atoms with Gasteiger partial charge in [0.1, 0.15) is 5.75 Å². The Hall–Kier alpha value is -1.22. The molecule has 0 aliphatic rings. The van der Waals surface area contributed by atoms with Crippen molar-refractivity contribution in [3.05, 3.63) is 22.7 Å². The van der Waals surface area contributed by atoms with Crippen LogP contribution in [0.4, 0.5) is 5.69 Å². The fourth-order valence-electron chi connectivity index (χ4n) is 1.51. The van der Waals surface area contributed by atoms with Crippen molar-refractivity contribution in [1.29, 1.82) is 0 Å². The lowest BCUT2D eigenvalue weighted by Gasteiger charge is -2.15. The topological polar surface area (TPSA) is 49.3 Å². The molecule has 0 saturated heterocycles. The van der Waals surface area contributed by atoms with E-state index in [4.69, 9.17) is 11.6 Å². The van der Waals surface area contributed by atoms with Crippen LogP contribution in [-0.2, 0) is 4.79 Å². The number of hydrogen-bond donors (Lipinski definition) is 2. The summed E-state index contributed by atoms with van der Waals surface area (Å²) in [5.41, 5.74) is 1.21. The van der Waals surface area contributed by atoms with E-state index in [0.29, 0.717) is 16.3 Å². The zero-order valence-corrected chi connectivity index (χ0v) is 11.3. The second-order valence-corrected chi connectivity index (χ2v) is 5.04. The molecular formula is C13H18ClNO2. The normalized spacial score (nSPS) is 11.0. The van der Waals surface area contributed by atoms with Crippen molar-refractivity contribution in [3.63, 3.8) is 0 Å². The summed E-state index contributed by atoms with van der Waals surface area (Å²) in [7, 11) is 0. The van der Waals surface area contributed by atoms with Crippen LogP contribution in [0.1, 0.15) is 39.2 Å². The largest absolute Gasteiger partial charge is 0.508 e. The number of carbonyl (C=O) groups excluding carboxylic acids is 1. The Morgan fingerprint density at radius 2 is 1.88 bits per heavy atom. The van der Waals surface area contributed by atoms with Gasteiger partial charge in [-0.3, -0.25) is 4.79 Å². The molecule has 1 amide bonds. The molecule has 1 aromatic carbocycles. The van der Waals surface area contributed by atoms with E-state index in [2.05, 4.69) is 5.32 Å². The van der Waals surface area contributed by atoms with Gasteiger partial charge in [-0.15, -0.1) is 0 Å². The number of anilines is 1. The maximum Gasteiger partial charge on any atom is 0.226 e. The van der Waals surface area contributed by atoms with Crippen molar-refractivity contribution in [2.75, 3.05) is 5.32 Å². The first-order valence-corrected chi connectivity index (χ1v) is 6.04. The molecular weight excluding hydrogens is 238 g/mol. The Kier molecular flexibility index (Phi) is 4.40. The van der Waals surface area contributed by atoms with Crippen molar-refractivity contribution in [2.24, 2.45) is 5.92 Å². The summed E-state index contributed by atoms with van der Waals surface area (Å²) < 4.78 is 0. The number of aromatic hydroxyl groups is 1. The lowest BCUT2D eigenvalue weighted by molar-refractivity contribution is -0.118. The number of rotatable bonds is 3.